The molecule has 1 aromatic carbocycles. The van der Waals surface area contributed by atoms with Crippen molar-refractivity contribution in [1.82, 2.24) is 10.3 Å². The number of pyridine rings is 1. The van der Waals surface area contributed by atoms with Gasteiger partial charge in [-0.05, 0) is 37.3 Å². The number of carbonyl (C=O) groups excluding carboxylic acids is 1. The Hall–Kier alpha value is -1.94. The summed E-state index contributed by atoms with van der Waals surface area (Å²) in [6.45, 7) is 2.76. The molecule has 1 heterocycles. The number of nitrogens with zero attached hydrogens (tertiary/aromatic N) is 1. The number of rotatable bonds is 6. The number of aliphatic hydroxyl groups is 1. The number of aromatic nitrogens is 1. The van der Waals surface area contributed by atoms with Crippen molar-refractivity contribution in [3.8, 4) is 0 Å². The highest BCUT2D eigenvalue weighted by molar-refractivity contribution is 6.06. The topological polar surface area (TPSA) is 62.2 Å². The number of benzene rings is 1. The van der Waals surface area contributed by atoms with E-state index in [1.807, 2.05) is 37.3 Å². The number of carbonyl (C=O) groups is 1. The van der Waals surface area contributed by atoms with E-state index in [2.05, 4.69) is 5.32 Å². The Labute approximate surface area is 130 Å². The van der Waals surface area contributed by atoms with E-state index in [4.69, 9.17) is 10.1 Å². The van der Waals surface area contributed by atoms with Crippen molar-refractivity contribution < 1.29 is 9.90 Å². The number of aliphatic hydroxyl groups excluding tert-OH is 1. The molecular formula is C18H22N2O2. The van der Waals surface area contributed by atoms with Crippen molar-refractivity contribution in [3.63, 3.8) is 0 Å². The van der Waals surface area contributed by atoms with Gasteiger partial charge in [-0.25, -0.2) is 0 Å². The highest BCUT2D eigenvalue weighted by atomic mass is 16.3. The molecule has 2 N–H and O–H groups in total. The zero-order valence-electron chi connectivity index (χ0n) is 12.9. The lowest BCUT2D eigenvalue weighted by Crippen LogP contribution is -2.29. The third-order valence-corrected chi connectivity index (χ3v) is 4.21. The standard InChI is InChI=1S/C18H22N2O2/c1-12(8-9-21)11-19-18(22)15-10-17(13-6-7-13)20-16-5-3-2-4-14(15)16/h2-5,10,12-13,21H,6-9,11H2,1H3,(H,19,22). The number of hydrogen-bond acceptors (Lipinski definition) is 3. The molecule has 1 atom stereocenters. The maximum atomic E-state index is 12.6. The van der Waals surface area contributed by atoms with Crippen molar-refractivity contribution in [2.45, 2.75) is 32.1 Å². The number of amides is 1. The van der Waals surface area contributed by atoms with Crippen LogP contribution in [0.2, 0.25) is 0 Å². The van der Waals surface area contributed by atoms with Crippen LogP contribution in [-0.2, 0) is 0 Å². The minimum Gasteiger partial charge on any atom is -0.396 e. The maximum Gasteiger partial charge on any atom is 0.252 e. The minimum atomic E-state index is -0.0507. The Morgan fingerprint density at radius 1 is 1.41 bits per heavy atom. The zero-order valence-corrected chi connectivity index (χ0v) is 12.9. The number of hydrogen-bond donors (Lipinski definition) is 2. The summed E-state index contributed by atoms with van der Waals surface area (Å²) in [4.78, 5) is 17.3. The Balaban J connectivity index is 1.86. The average molecular weight is 298 g/mol. The lowest BCUT2D eigenvalue weighted by molar-refractivity contribution is 0.0947. The maximum absolute atomic E-state index is 12.6. The van der Waals surface area contributed by atoms with E-state index in [1.54, 1.807) is 0 Å². The Bertz CT molecular complexity index is 680. The Kier molecular flexibility index (Phi) is 4.39. The fourth-order valence-electron chi connectivity index (χ4n) is 2.66. The number of nitrogens with one attached hydrogen (secondary N) is 1. The molecule has 1 aromatic heterocycles. The van der Waals surface area contributed by atoms with Crippen LogP contribution in [0.3, 0.4) is 0 Å². The van der Waals surface area contributed by atoms with E-state index in [0.717, 1.165) is 16.6 Å². The fraction of sp³-hybridized carbons (Fsp3) is 0.444. The van der Waals surface area contributed by atoms with Gasteiger partial charge in [0.1, 0.15) is 0 Å². The summed E-state index contributed by atoms with van der Waals surface area (Å²) >= 11 is 0. The molecule has 1 aliphatic carbocycles. The van der Waals surface area contributed by atoms with Crippen LogP contribution >= 0.6 is 0 Å². The summed E-state index contributed by atoms with van der Waals surface area (Å²) in [6, 6.07) is 9.76. The van der Waals surface area contributed by atoms with Crippen LogP contribution in [0.4, 0.5) is 0 Å². The summed E-state index contributed by atoms with van der Waals surface area (Å²) in [5, 5.41) is 12.8. The van der Waals surface area contributed by atoms with Gasteiger partial charge in [0.15, 0.2) is 0 Å². The van der Waals surface area contributed by atoms with Crippen LogP contribution in [0, 0.1) is 5.92 Å². The predicted molar refractivity (Wildman–Crippen MR) is 86.9 cm³/mol. The molecule has 0 bridgehead atoms. The molecule has 1 fully saturated rings. The largest absolute Gasteiger partial charge is 0.396 e. The molecular weight excluding hydrogens is 276 g/mol. The van der Waals surface area contributed by atoms with Gasteiger partial charge >= 0.3 is 0 Å². The smallest absolute Gasteiger partial charge is 0.252 e. The first-order valence-electron chi connectivity index (χ1n) is 7.97. The monoisotopic (exact) mass is 298 g/mol. The SMILES string of the molecule is CC(CCO)CNC(=O)c1cc(C2CC2)nc2ccccc12. The van der Waals surface area contributed by atoms with E-state index in [0.29, 0.717) is 24.4 Å². The van der Waals surface area contributed by atoms with Gasteiger partial charge < -0.3 is 10.4 Å². The molecule has 0 aliphatic heterocycles. The van der Waals surface area contributed by atoms with Crippen LogP contribution in [0.25, 0.3) is 10.9 Å². The summed E-state index contributed by atoms with van der Waals surface area (Å²) in [7, 11) is 0. The normalized spacial score (nSPS) is 15.7. The van der Waals surface area contributed by atoms with Gasteiger partial charge in [-0.1, -0.05) is 25.1 Å². The molecule has 4 nitrogen and oxygen atoms in total. The van der Waals surface area contributed by atoms with Crippen molar-refractivity contribution in [2.75, 3.05) is 13.2 Å². The molecule has 3 rings (SSSR count). The third-order valence-electron chi connectivity index (χ3n) is 4.21. The van der Waals surface area contributed by atoms with Crippen molar-refractivity contribution in [1.29, 1.82) is 0 Å². The first-order valence-corrected chi connectivity index (χ1v) is 7.97. The van der Waals surface area contributed by atoms with Gasteiger partial charge in [0.2, 0.25) is 0 Å². The van der Waals surface area contributed by atoms with Gasteiger partial charge in [0, 0.05) is 30.1 Å². The van der Waals surface area contributed by atoms with Gasteiger partial charge in [-0.2, -0.15) is 0 Å². The second-order valence-electron chi connectivity index (χ2n) is 6.21. The lowest BCUT2D eigenvalue weighted by atomic mass is 10.0. The summed E-state index contributed by atoms with van der Waals surface area (Å²) in [5.74, 6) is 0.736. The molecule has 0 radical (unpaired) electrons. The quantitative estimate of drug-likeness (QED) is 0.862. The molecule has 1 amide bonds. The molecule has 0 saturated heterocycles. The molecule has 0 spiro atoms. The van der Waals surface area contributed by atoms with Gasteiger partial charge in [0.05, 0.1) is 11.1 Å². The van der Waals surface area contributed by atoms with Gasteiger partial charge in [0.25, 0.3) is 5.91 Å². The highest BCUT2D eigenvalue weighted by Gasteiger charge is 2.26. The van der Waals surface area contributed by atoms with Crippen molar-refractivity contribution in [2.24, 2.45) is 5.92 Å². The molecule has 22 heavy (non-hydrogen) atoms. The molecule has 1 saturated carbocycles. The van der Waals surface area contributed by atoms with Crippen LogP contribution in [-0.4, -0.2) is 29.1 Å². The van der Waals surface area contributed by atoms with E-state index < -0.39 is 0 Å². The lowest BCUT2D eigenvalue weighted by Gasteiger charge is -2.13. The molecule has 1 aliphatic rings. The van der Waals surface area contributed by atoms with Gasteiger partial charge in [-0.15, -0.1) is 0 Å². The Morgan fingerprint density at radius 2 is 2.18 bits per heavy atom. The molecule has 4 heteroatoms. The predicted octanol–water partition coefficient (Wildman–Crippen LogP) is 2.86. The fourth-order valence-corrected chi connectivity index (χ4v) is 2.66. The summed E-state index contributed by atoms with van der Waals surface area (Å²) in [6.07, 6.45) is 3.03. The highest BCUT2D eigenvalue weighted by Crippen LogP contribution is 2.40. The summed E-state index contributed by atoms with van der Waals surface area (Å²) < 4.78 is 0. The van der Waals surface area contributed by atoms with Crippen molar-refractivity contribution in [3.05, 3.63) is 41.6 Å². The second-order valence-corrected chi connectivity index (χ2v) is 6.21. The first-order chi connectivity index (χ1) is 10.7. The Morgan fingerprint density at radius 3 is 2.91 bits per heavy atom. The van der Waals surface area contributed by atoms with E-state index in [1.165, 1.54) is 12.8 Å². The van der Waals surface area contributed by atoms with Gasteiger partial charge in [-0.3, -0.25) is 9.78 Å². The van der Waals surface area contributed by atoms with Crippen LogP contribution in [0.5, 0.6) is 0 Å². The average Bonchev–Trinajstić information content (AvgIpc) is 3.36. The van der Waals surface area contributed by atoms with E-state index in [9.17, 15) is 4.79 Å². The minimum absolute atomic E-state index is 0.0507. The molecule has 116 valence electrons. The van der Waals surface area contributed by atoms with Crippen molar-refractivity contribution >= 4 is 16.8 Å². The van der Waals surface area contributed by atoms with Crippen LogP contribution in [0.15, 0.2) is 30.3 Å². The first kappa shape index (κ1) is 15.0. The second kappa shape index (κ2) is 6.44. The summed E-state index contributed by atoms with van der Waals surface area (Å²) in [5.41, 5.74) is 2.64. The number of para-hydroxylation sites is 1. The molecule has 1 unspecified atom stereocenters. The molecule has 2 aromatic rings. The third kappa shape index (κ3) is 3.28. The van der Waals surface area contributed by atoms with Crippen LogP contribution in [0.1, 0.15) is 48.2 Å². The number of fused-ring (bicyclic) bond motifs is 1. The van der Waals surface area contributed by atoms with E-state index in [-0.39, 0.29) is 18.4 Å². The van der Waals surface area contributed by atoms with Crippen LogP contribution < -0.4 is 5.32 Å². The van der Waals surface area contributed by atoms with E-state index >= 15 is 0 Å². The zero-order chi connectivity index (χ0) is 15.5.